The van der Waals surface area contributed by atoms with Crippen molar-refractivity contribution in [1.29, 1.82) is 0 Å². The predicted octanol–water partition coefficient (Wildman–Crippen LogP) is 1.13. The van der Waals surface area contributed by atoms with Gasteiger partial charge in [-0.15, -0.1) is 0 Å². The maximum absolute atomic E-state index is 5.29. The molecule has 0 aromatic heterocycles. The Hall–Kier alpha value is -0.120. The minimum absolute atomic E-state index is 0.507. The number of epoxide rings is 1. The van der Waals surface area contributed by atoms with Gasteiger partial charge in [-0.05, 0) is 25.7 Å². The smallest absolute Gasteiger partial charge is 0.0936 e. The van der Waals surface area contributed by atoms with Gasteiger partial charge in [-0.2, -0.15) is 0 Å². The Morgan fingerprint density at radius 3 is 2.71 bits per heavy atom. The molecule has 2 aliphatic rings. The summed E-state index contributed by atoms with van der Waals surface area (Å²) >= 11 is 0. The van der Waals surface area contributed by atoms with Crippen LogP contribution in [0.15, 0.2) is 0 Å². The zero-order chi connectivity index (χ0) is 9.97. The maximum Gasteiger partial charge on any atom is 0.0936 e. The quantitative estimate of drug-likeness (QED) is 0.575. The van der Waals surface area contributed by atoms with Crippen LogP contribution in [0, 0.1) is 5.92 Å². The van der Waals surface area contributed by atoms with Gasteiger partial charge < -0.3 is 9.47 Å². The van der Waals surface area contributed by atoms with Crippen molar-refractivity contribution >= 4 is 0 Å². The van der Waals surface area contributed by atoms with Crippen molar-refractivity contribution in [3.63, 3.8) is 0 Å². The first kappa shape index (κ1) is 10.4. The van der Waals surface area contributed by atoms with Gasteiger partial charge in [0.25, 0.3) is 0 Å². The van der Waals surface area contributed by atoms with Gasteiger partial charge in [-0.1, -0.05) is 0 Å². The summed E-state index contributed by atoms with van der Waals surface area (Å²) in [6, 6.07) is 0.717. The van der Waals surface area contributed by atoms with E-state index in [-0.39, 0.29) is 0 Å². The second-order valence-corrected chi connectivity index (χ2v) is 4.52. The fourth-order valence-electron chi connectivity index (χ4n) is 1.98. The minimum atomic E-state index is 0.507. The average Bonchev–Trinajstić information content (AvgIpc) is 3.03. The molecule has 1 saturated heterocycles. The fraction of sp³-hybridized carbons (Fsp3) is 1.00. The van der Waals surface area contributed by atoms with E-state index in [1.807, 2.05) is 0 Å². The van der Waals surface area contributed by atoms with Crippen LogP contribution in [0.4, 0.5) is 0 Å². The van der Waals surface area contributed by atoms with Gasteiger partial charge >= 0.3 is 0 Å². The van der Waals surface area contributed by atoms with Crippen LogP contribution in [0.2, 0.25) is 0 Å². The van der Waals surface area contributed by atoms with Crippen LogP contribution in [-0.4, -0.2) is 50.5 Å². The van der Waals surface area contributed by atoms with Crippen molar-refractivity contribution in [2.45, 2.75) is 31.9 Å². The van der Waals surface area contributed by atoms with E-state index < -0.39 is 0 Å². The molecule has 2 atom stereocenters. The topological polar surface area (TPSA) is 25.0 Å². The molecule has 0 radical (unpaired) electrons. The first-order valence-electron chi connectivity index (χ1n) is 5.66. The van der Waals surface area contributed by atoms with Crippen LogP contribution >= 0.6 is 0 Å². The van der Waals surface area contributed by atoms with Crippen LogP contribution < -0.4 is 0 Å². The van der Waals surface area contributed by atoms with Gasteiger partial charge in [0, 0.05) is 26.2 Å². The van der Waals surface area contributed by atoms with Crippen molar-refractivity contribution in [3.8, 4) is 0 Å². The first-order valence-corrected chi connectivity index (χ1v) is 5.66. The molecule has 1 aliphatic carbocycles. The lowest BCUT2D eigenvalue weighted by Gasteiger charge is -2.28. The highest BCUT2D eigenvalue weighted by Gasteiger charge is 2.34. The Kier molecular flexibility index (Phi) is 3.42. The molecule has 82 valence electrons. The lowest BCUT2D eigenvalue weighted by Crippen LogP contribution is -2.39. The number of methoxy groups -OCH3 is 1. The number of hydrogen-bond acceptors (Lipinski definition) is 3. The van der Waals surface area contributed by atoms with Crippen molar-refractivity contribution in [2.75, 3.05) is 33.4 Å². The monoisotopic (exact) mass is 199 g/mol. The summed E-state index contributed by atoms with van der Waals surface area (Å²) in [6.07, 6.45) is 3.33. The van der Waals surface area contributed by atoms with E-state index in [0.717, 1.165) is 32.2 Å². The lowest BCUT2D eigenvalue weighted by molar-refractivity contribution is 0.110. The van der Waals surface area contributed by atoms with Crippen LogP contribution in [0.3, 0.4) is 0 Å². The Morgan fingerprint density at radius 2 is 2.21 bits per heavy atom. The predicted molar refractivity (Wildman–Crippen MR) is 55.4 cm³/mol. The van der Waals surface area contributed by atoms with Crippen molar-refractivity contribution in [2.24, 2.45) is 5.92 Å². The molecule has 0 N–H and O–H groups in total. The largest absolute Gasteiger partial charge is 0.383 e. The molecule has 0 amide bonds. The summed E-state index contributed by atoms with van der Waals surface area (Å²) in [5.74, 6) is 0.936. The molecule has 2 unspecified atom stereocenters. The molecule has 0 aromatic rings. The highest BCUT2D eigenvalue weighted by Crippen LogP contribution is 2.35. The highest BCUT2D eigenvalue weighted by atomic mass is 16.6. The van der Waals surface area contributed by atoms with Gasteiger partial charge in [0.05, 0.1) is 19.3 Å². The second-order valence-electron chi connectivity index (χ2n) is 4.52. The van der Waals surface area contributed by atoms with E-state index in [1.54, 1.807) is 7.11 Å². The molecule has 1 aliphatic heterocycles. The molecule has 14 heavy (non-hydrogen) atoms. The van der Waals surface area contributed by atoms with Crippen LogP contribution in [0.1, 0.15) is 19.8 Å². The van der Waals surface area contributed by atoms with E-state index in [1.165, 1.54) is 12.8 Å². The van der Waals surface area contributed by atoms with Crippen LogP contribution in [-0.2, 0) is 9.47 Å². The standard InChI is InChI=1S/C11H21NO2/c1-9(10-3-4-10)12(5-6-13-2)7-11-8-14-11/h9-11H,3-8H2,1-2H3. The molecule has 2 rings (SSSR count). The summed E-state index contributed by atoms with van der Waals surface area (Å²) in [7, 11) is 1.77. The molecule has 2 fully saturated rings. The van der Waals surface area contributed by atoms with Gasteiger partial charge in [0.15, 0.2) is 0 Å². The third-order valence-corrected chi connectivity index (χ3v) is 3.30. The third-order valence-electron chi connectivity index (χ3n) is 3.30. The summed E-state index contributed by atoms with van der Waals surface area (Å²) < 4.78 is 10.4. The Bertz CT molecular complexity index is 178. The van der Waals surface area contributed by atoms with Gasteiger partial charge in [-0.25, -0.2) is 0 Å². The van der Waals surface area contributed by atoms with Crippen LogP contribution in [0.25, 0.3) is 0 Å². The zero-order valence-electron chi connectivity index (χ0n) is 9.24. The SMILES string of the molecule is COCCN(CC1CO1)C(C)C1CC1. The van der Waals surface area contributed by atoms with Crippen LogP contribution in [0.5, 0.6) is 0 Å². The molecule has 0 aromatic carbocycles. The number of ether oxygens (including phenoxy) is 2. The van der Waals surface area contributed by atoms with E-state index in [4.69, 9.17) is 9.47 Å². The third kappa shape index (κ3) is 2.94. The maximum atomic E-state index is 5.29. The molecule has 1 saturated carbocycles. The highest BCUT2D eigenvalue weighted by molar-refractivity contribution is 4.87. The number of hydrogen-bond donors (Lipinski definition) is 0. The Labute approximate surface area is 86.4 Å². The van der Waals surface area contributed by atoms with Crippen molar-refractivity contribution < 1.29 is 9.47 Å². The number of rotatable bonds is 7. The molecule has 0 bridgehead atoms. The second kappa shape index (κ2) is 4.60. The summed E-state index contributed by atoms with van der Waals surface area (Å²) in [6.45, 7) is 6.29. The first-order chi connectivity index (χ1) is 6.81. The zero-order valence-corrected chi connectivity index (χ0v) is 9.24. The van der Waals surface area contributed by atoms with Gasteiger partial charge in [0.2, 0.25) is 0 Å². The Balaban J connectivity index is 1.76. The van der Waals surface area contributed by atoms with Crippen molar-refractivity contribution in [3.05, 3.63) is 0 Å². The van der Waals surface area contributed by atoms with Crippen molar-refractivity contribution in [1.82, 2.24) is 4.90 Å². The van der Waals surface area contributed by atoms with E-state index in [2.05, 4.69) is 11.8 Å². The van der Waals surface area contributed by atoms with E-state index in [0.29, 0.717) is 12.1 Å². The van der Waals surface area contributed by atoms with E-state index >= 15 is 0 Å². The molecule has 0 spiro atoms. The molecular weight excluding hydrogens is 178 g/mol. The molecule has 1 heterocycles. The van der Waals surface area contributed by atoms with Gasteiger partial charge in [0.1, 0.15) is 0 Å². The summed E-state index contributed by atoms with van der Waals surface area (Å²) in [5.41, 5.74) is 0. The molecule has 3 heteroatoms. The molecular formula is C11H21NO2. The Morgan fingerprint density at radius 1 is 1.50 bits per heavy atom. The minimum Gasteiger partial charge on any atom is -0.383 e. The summed E-state index contributed by atoms with van der Waals surface area (Å²) in [5, 5.41) is 0. The molecule has 3 nitrogen and oxygen atoms in total. The average molecular weight is 199 g/mol. The van der Waals surface area contributed by atoms with E-state index in [9.17, 15) is 0 Å². The number of nitrogens with zero attached hydrogens (tertiary/aromatic N) is 1. The fourth-order valence-corrected chi connectivity index (χ4v) is 1.98. The lowest BCUT2D eigenvalue weighted by atomic mass is 10.1. The van der Waals surface area contributed by atoms with Gasteiger partial charge in [-0.3, -0.25) is 4.90 Å². The summed E-state index contributed by atoms with van der Waals surface area (Å²) in [4.78, 5) is 2.53. The normalized spacial score (nSPS) is 28.1.